The summed E-state index contributed by atoms with van der Waals surface area (Å²) in [6.45, 7) is 0.263. The van der Waals surface area contributed by atoms with Crippen molar-refractivity contribution in [2.75, 3.05) is 6.61 Å². The van der Waals surface area contributed by atoms with Crippen LogP contribution in [0.2, 0.25) is 5.02 Å². The molecule has 0 saturated carbocycles. The van der Waals surface area contributed by atoms with Gasteiger partial charge in [0.25, 0.3) is 0 Å². The quantitative estimate of drug-likeness (QED) is 0.880. The van der Waals surface area contributed by atoms with Crippen LogP contribution in [0.15, 0.2) is 48.5 Å². The van der Waals surface area contributed by atoms with E-state index in [-0.39, 0.29) is 18.5 Å². The second-order valence-electron chi connectivity index (χ2n) is 4.26. The number of hydrogen-bond acceptors (Lipinski definition) is 2. The topological polar surface area (TPSA) is 32.3 Å². The lowest BCUT2D eigenvalue weighted by Crippen LogP contribution is -2.24. The average molecular weight is 280 g/mol. The number of hydrogen-bond donors (Lipinski definition) is 2. The molecule has 0 aliphatic carbocycles. The van der Waals surface area contributed by atoms with Gasteiger partial charge in [-0.2, -0.15) is 0 Å². The molecule has 0 radical (unpaired) electrons. The summed E-state index contributed by atoms with van der Waals surface area (Å²) in [5.41, 5.74) is 1.45. The molecule has 4 heteroatoms. The van der Waals surface area contributed by atoms with Gasteiger partial charge in [-0.1, -0.05) is 41.9 Å². The second kappa shape index (κ2) is 6.66. The first-order valence-corrected chi connectivity index (χ1v) is 6.41. The van der Waals surface area contributed by atoms with E-state index in [0.717, 1.165) is 5.56 Å². The van der Waals surface area contributed by atoms with Crippen LogP contribution in [-0.2, 0) is 6.54 Å². The zero-order valence-electron chi connectivity index (χ0n) is 10.3. The van der Waals surface area contributed by atoms with Crippen molar-refractivity contribution in [1.82, 2.24) is 5.32 Å². The highest BCUT2D eigenvalue weighted by molar-refractivity contribution is 6.30. The average Bonchev–Trinajstić information content (AvgIpc) is 2.44. The van der Waals surface area contributed by atoms with Gasteiger partial charge in [-0.3, -0.25) is 0 Å². The molecule has 0 amide bonds. The van der Waals surface area contributed by atoms with Crippen molar-refractivity contribution in [2.24, 2.45) is 0 Å². The predicted octanol–water partition coefficient (Wildman–Crippen LogP) is 3.30. The van der Waals surface area contributed by atoms with Gasteiger partial charge in [-0.15, -0.1) is 0 Å². The molecule has 2 aromatic rings. The smallest absolute Gasteiger partial charge is 0.127 e. The molecule has 0 aliphatic rings. The van der Waals surface area contributed by atoms with Crippen molar-refractivity contribution in [2.45, 2.75) is 12.6 Å². The Bertz CT molecular complexity index is 533. The maximum Gasteiger partial charge on any atom is 0.127 e. The predicted molar refractivity (Wildman–Crippen MR) is 74.5 cm³/mol. The van der Waals surface area contributed by atoms with Crippen LogP contribution in [0, 0.1) is 5.82 Å². The Labute approximate surface area is 116 Å². The molecule has 2 rings (SSSR count). The van der Waals surface area contributed by atoms with E-state index in [1.54, 1.807) is 6.07 Å². The first kappa shape index (κ1) is 14.0. The maximum absolute atomic E-state index is 13.6. The number of aliphatic hydroxyl groups is 1. The molecule has 0 heterocycles. The third-order valence-corrected chi connectivity index (χ3v) is 3.17. The van der Waals surface area contributed by atoms with Crippen molar-refractivity contribution in [3.8, 4) is 0 Å². The van der Waals surface area contributed by atoms with Gasteiger partial charge in [0.1, 0.15) is 5.82 Å². The van der Waals surface area contributed by atoms with Crippen molar-refractivity contribution in [3.05, 3.63) is 70.5 Å². The Morgan fingerprint density at radius 2 is 1.89 bits per heavy atom. The number of nitrogens with one attached hydrogen (secondary N) is 1. The van der Waals surface area contributed by atoms with Crippen molar-refractivity contribution in [3.63, 3.8) is 0 Å². The van der Waals surface area contributed by atoms with Crippen LogP contribution in [0.25, 0.3) is 0 Å². The SMILES string of the molecule is OCC(NCc1cc(Cl)ccc1F)c1ccccc1. The van der Waals surface area contributed by atoms with Crippen LogP contribution in [0.4, 0.5) is 4.39 Å². The third-order valence-electron chi connectivity index (χ3n) is 2.93. The Kier molecular flexibility index (Phi) is 4.91. The highest BCUT2D eigenvalue weighted by atomic mass is 35.5. The number of halogens is 2. The van der Waals surface area contributed by atoms with Gasteiger partial charge in [0, 0.05) is 17.1 Å². The number of aliphatic hydroxyl groups excluding tert-OH is 1. The summed E-state index contributed by atoms with van der Waals surface area (Å²) in [7, 11) is 0. The Morgan fingerprint density at radius 1 is 1.16 bits per heavy atom. The van der Waals surface area contributed by atoms with Gasteiger partial charge < -0.3 is 10.4 Å². The molecule has 2 nitrogen and oxygen atoms in total. The summed E-state index contributed by atoms with van der Waals surface area (Å²) in [6, 6.07) is 13.8. The minimum absolute atomic E-state index is 0.0494. The van der Waals surface area contributed by atoms with Crippen LogP contribution in [0.1, 0.15) is 17.2 Å². The second-order valence-corrected chi connectivity index (χ2v) is 4.70. The first-order valence-electron chi connectivity index (χ1n) is 6.04. The number of rotatable bonds is 5. The lowest BCUT2D eigenvalue weighted by atomic mass is 10.1. The molecule has 0 aromatic heterocycles. The summed E-state index contributed by atoms with van der Waals surface area (Å²) in [6.07, 6.45) is 0. The number of benzene rings is 2. The first-order chi connectivity index (χ1) is 9.20. The molecule has 19 heavy (non-hydrogen) atoms. The van der Waals surface area contributed by atoms with E-state index < -0.39 is 0 Å². The Morgan fingerprint density at radius 3 is 2.58 bits per heavy atom. The molecule has 0 fully saturated rings. The largest absolute Gasteiger partial charge is 0.394 e. The molecule has 0 aliphatic heterocycles. The molecule has 2 N–H and O–H groups in total. The van der Waals surface area contributed by atoms with Gasteiger partial charge in [0.05, 0.1) is 12.6 Å². The van der Waals surface area contributed by atoms with Gasteiger partial charge in [0.15, 0.2) is 0 Å². The molecule has 0 saturated heterocycles. The minimum Gasteiger partial charge on any atom is -0.394 e. The summed E-state index contributed by atoms with van der Waals surface area (Å²) in [5, 5.41) is 13.0. The fourth-order valence-electron chi connectivity index (χ4n) is 1.89. The van der Waals surface area contributed by atoms with Crippen molar-refractivity contribution >= 4 is 11.6 Å². The molecule has 100 valence electrons. The van der Waals surface area contributed by atoms with E-state index in [2.05, 4.69) is 5.32 Å². The van der Waals surface area contributed by atoms with E-state index >= 15 is 0 Å². The zero-order chi connectivity index (χ0) is 13.7. The van der Waals surface area contributed by atoms with E-state index in [1.165, 1.54) is 12.1 Å². The molecule has 0 bridgehead atoms. The summed E-state index contributed by atoms with van der Waals surface area (Å²) >= 11 is 5.84. The van der Waals surface area contributed by atoms with E-state index in [4.69, 9.17) is 11.6 Å². The van der Waals surface area contributed by atoms with Crippen molar-refractivity contribution in [1.29, 1.82) is 0 Å². The molecular weight excluding hydrogens is 265 g/mol. The molecule has 0 spiro atoms. The van der Waals surface area contributed by atoms with Crippen LogP contribution in [-0.4, -0.2) is 11.7 Å². The van der Waals surface area contributed by atoms with Gasteiger partial charge in [-0.05, 0) is 23.8 Å². The minimum atomic E-state index is -0.304. The highest BCUT2D eigenvalue weighted by Gasteiger charge is 2.10. The van der Waals surface area contributed by atoms with Gasteiger partial charge >= 0.3 is 0 Å². The summed E-state index contributed by atoms with van der Waals surface area (Å²) in [4.78, 5) is 0. The van der Waals surface area contributed by atoms with Crippen LogP contribution >= 0.6 is 11.6 Å². The highest BCUT2D eigenvalue weighted by Crippen LogP contribution is 2.17. The maximum atomic E-state index is 13.6. The van der Waals surface area contributed by atoms with Crippen LogP contribution < -0.4 is 5.32 Å². The lowest BCUT2D eigenvalue weighted by molar-refractivity contribution is 0.243. The van der Waals surface area contributed by atoms with E-state index in [0.29, 0.717) is 17.1 Å². The third kappa shape index (κ3) is 3.77. The summed E-state index contributed by atoms with van der Waals surface area (Å²) in [5.74, 6) is -0.304. The fourth-order valence-corrected chi connectivity index (χ4v) is 2.08. The molecule has 1 atom stereocenters. The zero-order valence-corrected chi connectivity index (χ0v) is 11.1. The monoisotopic (exact) mass is 279 g/mol. The van der Waals surface area contributed by atoms with Crippen molar-refractivity contribution < 1.29 is 9.50 Å². The normalized spacial score (nSPS) is 12.4. The summed E-state index contributed by atoms with van der Waals surface area (Å²) < 4.78 is 13.6. The van der Waals surface area contributed by atoms with Crippen LogP contribution in [0.3, 0.4) is 0 Å². The van der Waals surface area contributed by atoms with Gasteiger partial charge in [0.2, 0.25) is 0 Å². The van der Waals surface area contributed by atoms with Crippen LogP contribution in [0.5, 0.6) is 0 Å². The Balaban J connectivity index is 2.06. The Hall–Kier alpha value is -1.42. The fraction of sp³-hybridized carbons (Fsp3) is 0.200. The lowest BCUT2D eigenvalue weighted by Gasteiger charge is -2.17. The van der Waals surface area contributed by atoms with E-state index in [1.807, 2.05) is 30.3 Å². The molecular formula is C15H15ClFNO. The molecule has 1 unspecified atom stereocenters. The molecule has 2 aromatic carbocycles. The standard InChI is InChI=1S/C15H15ClFNO/c16-13-6-7-14(17)12(8-13)9-18-15(10-19)11-4-2-1-3-5-11/h1-8,15,18-19H,9-10H2. The van der Waals surface area contributed by atoms with E-state index in [9.17, 15) is 9.50 Å². The van der Waals surface area contributed by atoms with Gasteiger partial charge in [-0.25, -0.2) is 4.39 Å².